The van der Waals surface area contributed by atoms with Crippen molar-refractivity contribution in [3.8, 4) is 0 Å². The standard InChI is InChI=1S/C17H26N2O2S/c1-13-6-5-7-15(12-13)18-19-22(20,21)16-10-8-14(9-11-16)17(2,3)4/h8-11,13,19H,5-7,12H2,1-4H3/b18-15+. The first kappa shape index (κ1) is 17.0. The molecule has 1 aliphatic carbocycles. The van der Waals surface area contributed by atoms with Crippen molar-refractivity contribution in [2.75, 3.05) is 0 Å². The summed E-state index contributed by atoms with van der Waals surface area (Å²) >= 11 is 0. The fourth-order valence-corrected chi connectivity index (χ4v) is 3.52. The molecule has 22 heavy (non-hydrogen) atoms. The number of hydrogen-bond donors (Lipinski definition) is 1. The minimum Gasteiger partial charge on any atom is -0.200 e. The number of hydrazone groups is 1. The molecule has 4 nitrogen and oxygen atoms in total. The van der Waals surface area contributed by atoms with E-state index in [1.165, 1.54) is 6.42 Å². The van der Waals surface area contributed by atoms with Crippen LogP contribution in [0, 0.1) is 5.92 Å². The first-order chi connectivity index (χ1) is 10.2. The van der Waals surface area contributed by atoms with Crippen molar-refractivity contribution in [2.24, 2.45) is 11.0 Å². The van der Waals surface area contributed by atoms with Crippen LogP contribution in [0.1, 0.15) is 58.9 Å². The van der Waals surface area contributed by atoms with Crippen molar-refractivity contribution in [1.82, 2.24) is 4.83 Å². The lowest BCUT2D eigenvalue weighted by atomic mass is 9.87. The van der Waals surface area contributed by atoms with Gasteiger partial charge in [0.2, 0.25) is 0 Å². The van der Waals surface area contributed by atoms with Gasteiger partial charge in [-0.05, 0) is 54.7 Å². The first-order valence-electron chi connectivity index (χ1n) is 7.86. The van der Waals surface area contributed by atoms with Crippen LogP contribution in [0.5, 0.6) is 0 Å². The third kappa shape index (κ3) is 4.32. The summed E-state index contributed by atoms with van der Waals surface area (Å²) in [5.41, 5.74) is 2.07. The Hall–Kier alpha value is -1.36. The van der Waals surface area contributed by atoms with Crippen molar-refractivity contribution in [1.29, 1.82) is 0 Å². The lowest BCUT2D eigenvalue weighted by Gasteiger charge is -2.20. The molecule has 1 aromatic carbocycles. The van der Waals surface area contributed by atoms with Crippen molar-refractivity contribution < 1.29 is 8.42 Å². The Morgan fingerprint density at radius 3 is 2.36 bits per heavy atom. The smallest absolute Gasteiger partial charge is 0.200 e. The van der Waals surface area contributed by atoms with Crippen molar-refractivity contribution >= 4 is 15.7 Å². The molecular formula is C17H26N2O2S. The van der Waals surface area contributed by atoms with Gasteiger partial charge in [0.05, 0.1) is 4.90 Å². The Balaban J connectivity index is 2.12. The lowest BCUT2D eigenvalue weighted by Crippen LogP contribution is -2.22. The van der Waals surface area contributed by atoms with Crippen LogP contribution in [0.2, 0.25) is 0 Å². The Kier molecular flexibility index (Phi) is 4.95. The molecular weight excluding hydrogens is 296 g/mol. The number of benzene rings is 1. The molecule has 2 rings (SSSR count). The van der Waals surface area contributed by atoms with E-state index < -0.39 is 10.0 Å². The highest BCUT2D eigenvalue weighted by molar-refractivity contribution is 7.89. The molecule has 0 bridgehead atoms. The normalized spacial score (nSPS) is 21.8. The average Bonchev–Trinajstić information content (AvgIpc) is 2.45. The maximum absolute atomic E-state index is 12.3. The molecule has 0 heterocycles. The average molecular weight is 322 g/mol. The summed E-state index contributed by atoms with van der Waals surface area (Å²) in [5, 5.41) is 4.13. The highest BCUT2D eigenvalue weighted by Crippen LogP contribution is 2.24. The van der Waals surface area contributed by atoms with E-state index in [1.807, 2.05) is 12.1 Å². The topological polar surface area (TPSA) is 58.5 Å². The monoisotopic (exact) mass is 322 g/mol. The Morgan fingerprint density at radius 2 is 1.82 bits per heavy atom. The lowest BCUT2D eigenvalue weighted by molar-refractivity contribution is 0.498. The van der Waals surface area contributed by atoms with Crippen LogP contribution in [0.4, 0.5) is 0 Å². The summed E-state index contributed by atoms with van der Waals surface area (Å²) < 4.78 is 24.6. The van der Waals surface area contributed by atoms with E-state index in [1.54, 1.807) is 12.1 Å². The van der Waals surface area contributed by atoms with Crippen molar-refractivity contribution in [3.63, 3.8) is 0 Å². The van der Waals surface area contributed by atoms with Crippen molar-refractivity contribution in [3.05, 3.63) is 29.8 Å². The Morgan fingerprint density at radius 1 is 1.18 bits per heavy atom. The maximum atomic E-state index is 12.3. The zero-order chi connectivity index (χ0) is 16.4. The molecule has 1 fully saturated rings. The Labute approximate surface area is 134 Å². The van der Waals surface area contributed by atoms with Gasteiger partial charge in [-0.25, -0.2) is 4.83 Å². The highest BCUT2D eigenvalue weighted by atomic mass is 32.2. The minimum absolute atomic E-state index is 0.00812. The van der Waals surface area contributed by atoms with E-state index in [0.29, 0.717) is 5.92 Å². The summed E-state index contributed by atoms with van der Waals surface area (Å²) in [6.45, 7) is 8.48. The predicted octanol–water partition coefficient (Wildman–Crippen LogP) is 3.83. The van der Waals surface area contributed by atoms with E-state index in [-0.39, 0.29) is 10.3 Å². The van der Waals surface area contributed by atoms with Crippen LogP contribution < -0.4 is 4.83 Å². The van der Waals surface area contributed by atoms with E-state index in [2.05, 4.69) is 37.6 Å². The summed E-state index contributed by atoms with van der Waals surface area (Å²) in [6, 6.07) is 7.02. The predicted molar refractivity (Wildman–Crippen MR) is 90.5 cm³/mol. The molecule has 0 aliphatic heterocycles. The van der Waals surface area contributed by atoms with Crippen molar-refractivity contribution in [2.45, 2.75) is 63.7 Å². The number of sulfonamides is 1. The minimum atomic E-state index is -3.58. The second kappa shape index (κ2) is 6.41. The molecule has 0 saturated heterocycles. The first-order valence-corrected chi connectivity index (χ1v) is 9.34. The Bertz CT molecular complexity index is 640. The van der Waals surface area contributed by atoms with Gasteiger partial charge >= 0.3 is 0 Å². The molecule has 0 radical (unpaired) electrons. The molecule has 5 heteroatoms. The molecule has 0 amide bonds. The zero-order valence-electron chi connectivity index (χ0n) is 13.9. The third-order valence-corrected chi connectivity index (χ3v) is 5.33. The molecule has 1 N–H and O–H groups in total. The van der Waals surface area contributed by atoms with Gasteiger partial charge in [0.1, 0.15) is 0 Å². The van der Waals surface area contributed by atoms with Crippen LogP contribution in [-0.2, 0) is 15.4 Å². The number of nitrogens with one attached hydrogen (secondary N) is 1. The van der Waals surface area contributed by atoms with E-state index in [9.17, 15) is 8.42 Å². The highest BCUT2D eigenvalue weighted by Gasteiger charge is 2.18. The fraction of sp³-hybridized carbons (Fsp3) is 0.588. The van der Waals surface area contributed by atoms with Crippen LogP contribution in [0.25, 0.3) is 0 Å². The number of hydrogen-bond acceptors (Lipinski definition) is 3. The summed E-state index contributed by atoms with van der Waals surface area (Å²) in [6.07, 6.45) is 4.04. The van der Waals surface area contributed by atoms with Gasteiger partial charge < -0.3 is 0 Å². The van der Waals surface area contributed by atoms with Crippen LogP contribution in [0.3, 0.4) is 0 Å². The van der Waals surface area contributed by atoms with Gasteiger partial charge in [0.25, 0.3) is 10.0 Å². The van der Waals surface area contributed by atoms with Crippen LogP contribution >= 0.6 is 0 Å². The maximum Gasteiger partial charge on any atom is 0.276 e. The second-order valence-electron chi connectivity index (χ2n) is 7.25. The summed E-state index contributed by atoms with van der Waals surface area (Å²) in [5.74, 6) is 0.586. The molecule has 0 spiro atoms. The quantitative estimate of drug-likeness (QED) is 0.860. The molecule has 1 unspecified atom stereocenters. The van der Waals surface area contributed by atoms with E-state index >= 15 is 0 Å². The zero-order valence-corrected chi connectivity index (χ0v) is 14.7. The molecule has 122 valence electrons. The number of rotatable bonds is 3. The number of nitrogens with zero attached hydrogens (tertiary/aromatic N) is 1. The molecule has 0 aromatic heterocycles. The largest absolute Gasteiger partial charge is 0.276 e. The van der Waals surface area contributed by atoms with Gasteiger partial charge in [-0.1, -0.05) is 39.8 Å². The van der Waals surface area contributed by atoms with Gasteiger partial charge in [-0.15, -0.1) is 0 Å². The van der Waals surface area contributed by atoms with E-state index in [4.69, 9.17) is 0 Å². The van der Waals surface area contributed by atoms with Gasteiger partial charge in [0.15, 0.2) is 0 Å². The van der Waals surface area contributed by atoms with E-state index in [0.717, 1.165) is 30.5 Å². The molecule has 1 aliphatic rings. The molecule has 1 saturated carbocycles. The van der Waals surface area contributed by atoms with Gasteiger partial charge in [-0.2, -0.15) is 13.5 Å². The molecule has 1 aromatic rings. The van der Waals surface area contributed by atoms with Gasteiger partial charge in [-0.3, -0.25) is 0 Å². The van der Waals surface area contributed by atoms with Crippen LogP contribution in [-0.4, -0.2) is 14.1 Å². The summed E-state index contributed by atoms with van der Waals surface area (Å²) in [7, 11) is -3.58. The van der Waals surface area contributed by atoms with Gasteiger partial charge in [0, 0.05) is 5.71 Å². The van der Waals surface area contributed by atoms with Crippen LogP contribution in [0.15, 0.2) is 34.3 Å². The SMILES string of the molecule is CC1CCC/C(=N\NS(=O)(=O)c2ccc(C(C)(C)C)cc2)C1. The molecule has 1 atom stereocenters. The fourth-order valence-electron chi connectivity index (χ4n) is 2.67. The summed E-state index contributed by atoms with van der Waals surface area (Å²) in [4.78, 5) is 2.64. The third-order valence-electron chi connectivity index (χ3n) is 4.10. The second-order valence-corrected chi connectivity index (χ2v) is 8.91.